The first-order valence-corrected chi connectivity index (χ1v) is 18.2. The second-order valence-electron chi connectivity index (χ2n) is 12.3. The minimum absolute atomic E-state index is 0.171. The molecule has 0 saturated carbocycles. The highest BCUT2D eigenvalue weighted by atomic mass is 32.2. The fourth-order valence-electron chi connectivity index (χ4n) is 5.65. The van der Waals surface area contributed by atoms with E-state index in [1.54, 1.807) is 51.2 Å². The van der Waals surface area contributed by atoms with Gasteiger partial charge in [-0.3, -0.25) is 4.98 Å². The summed E-state index contributed by atoms with van der Waals surface area (Å²) in [4.78, 5) is 4.80. The van der Waals surface area contributed by atoms with Crippen molar-refractivity contribution in [3.8, 4) is 11.1 Å². The zero-order valence-corrected chi connectivity index (χ0v) is 27.5. The Morgan fingerprint density at radius 2 is 1.47 bits per heavy atom. The van der Waals surface area contributed by atoms with Gasteiger partial charge in [0.05, 0.1) is 20.8 Å². The number of hydrogen-bond acceptors (Lipinski definition) is 6. The molecule has 0 amide bonds. The molecule has 0 aliphatic rings. The van der Waals surface area contributed by atoms with Crippen LogP contribution in [0.1, 0.15) is 48.9 Å². The number of sulfone groups is 2. The van der Waals surface area contributed by atoms with Gasteiger partial charge in [-0.25, -0.2) is 21.2 Å². The van der Waals surface area contributed by atoms with Crippen LogP contribution in [0, 0.1) is 5.82 Å². The summed E-state index contributed by atoms with van der Waals surface area (Å²) < 4.78 is 62.5. The molecule has 4 aromatic carbocycles. The number of aromatic nitrogens is 1. The van der Waals surface area contributed by atoms with Crippen molar-refractivity contribution in [2.45, 2.75) is 48.4 Å². The maximum atomic E-state index is 13.8. The number of rotatable bonds is 9. The van der Waals surface area contributed by atoms with Crippen LogP contribution in [0.25, 0.3) is 22.0 Å². The molecule has 2 unspecified atom stereocenters. The molecule has 0 fully saturated rings. The standard InChI is InChI=1S/C36H36FNO5S2/c1-35(2,45(5,42)43)29-22-27-10-7-19-38-34(27)32(23-29)26-9-6-8-24(20-26)21-33(25-11-17-31(18-12-25)44(4,40)41)36(3,39)28-13-15-30(37)16-14-28/h6-20,22-23,33,39H,21H2,1-5H3. The number of fused-ring (bicyclic) bond motifs is 1. The molecule has 6 nitrogen and oxygen atoms in total. The molecule has 5 rings (SSSR count). The molecule has 0 radical (unpaired) electrons. The highest BCUT2D eigenvalue weighted by molar-refractivity contribution is 7.91. The summed E-state index contributed by atoms with van der Waals surface area (Å²) in [6.45, 7) is 5.06. The second-order valence-corrected chi connectivity index (χ2v) is 16.9. The SMILES string of the molecule is CC(O)(c1ccc(F)cc1)C(Cc1cccc(-c2cc(C(C)(C)S(C)(=O)=O)cc3cccnc23)c1)c1ccc(S(C)(=O)=O)cc1. The van der Waals surface area contributed by atoms with Gasteiger partial charge in [-0.05, 0) is 97.5 Å². The van der Waals surface area contributed by atoms with E-state index in [9.17, 15) is 26.3 Å². The van der Waals surface area contributed by atoms with Crippen LogP contribution in [-0.4, -0.2) is 39.4 Å². The number of halogens is 1. The molecule has 45 heavy (non-hydrogen) atoms. The topological polar surface area (TPSA) is 101 Å². The lowest BCUT2D eigenvalue weighted by Gasteiger charge is -2.34. The Bertz CT molecular complexity index is 2090. The Labute approximate surface area is 264 Å². The smallest absolute Gasteiger partial charge is 0.175 e. The van der Waals surface area contributed by atoms with Crippen molar-refractivity contribution >= 4 is 30.6 Å². The molecule has 1 aromatic heterocycles. The molecular formula is C36H36FNO5S2. The molecule has 234 valence electrons. The van der Waals surface area contributed by atoms with E-state index < -0.39 is 41.8 Å². The Kier molecular flexibility index (Phi) is 8.50. The fourth-order valence-corrected chi connectivity index (χ4v) is 6.83. The van der Waals surface area contributed by atoms with Gasteiger partial charge in [0.25, 0.3) is 0 Å². The highest BCUT2D eigenvalue weighted by Crippen LogP contribution is 2.41. The van der Waals surface area contributed by atoms with Gasteiger partial charge in [-0.1, -0.05) is 54.6 Å². The summed E-state index contributed by atoms with van der Waals surface area (Å²) in [6, 6.07) is 27.5. The van der Waals surface area contributed by atoms with Crippen molar-refractivity contribution in [3.05, 3.63) is 131 Å². The van der Waals surface area contributed by atoms with Crippen molar-refractivity contribution in [3.63, 3.8) is 0 Å². The average molecular weight is 646 g/mol. The zero-order valence-electron chi connectivity index (χ0n) is 25.8. The Hall–Kier alpha value is -3.92. The van der Waals surface area contributed by atoms with E-state index in [1.807, 2.05) is 48.5 Å². The van der Waals surface area contributed by atoms with Crippen molar-refractivity contribution in [1.82, 2.24) is 4.98 Å². The van der Waals surface area contributed by atoms with E-state index in [0.29, 0.717) is 23.1 Å². The van der Waals surface area contributed by atoms with E-state index in [0.717, 1.165) is 33.8 Å². The van der Waals surface area contributed by atoms with Gasteiger partial charge in [-0.2, -0.15) is 0 Å². The fraction of sp³-hybridized carbons (Fsp3) is 0.250. The predicted molar refractivity (Wildman–Crippen MR) is 177 cm³/mol. The van der Waals surface area contributed by atoms with Crippen LogP contribution < -0.4 is 0 Å². The molecule has 1 heterocycles. The Morgan fingerprint density at radius 1 is 0.800 bits per heavy atom. The van der Waals surface area contributed by atoms with Crippen LogP contribution in [0.3, 0.4) is 0 Å². The van der Waals surface area contributed by atoms with Gasteiger partial charge in [0, 0.05) is 35.6 Å². The van der Waals surface area contributed by atoms with Crippen LogP contribution in [0.5, 0.6) is 0 Å². The summed E-state index contributed by atoms with van der Waals surface area (Å²) >= 11 is 0. The third-order valence-electron chi connectivity index (χ3n) is 8.82. The Morgan fingerprint density at radius 3 is 2.09 bits per heavy atom. The van der Waals surface area contributed by atoms with Crippen molar-refractivity contribution in [2.24, 2.45) is 0 Å². The molecule has 5 aromatic rings. The maximum Gasteiger partial charge on any atom is 0.175 e. The number of benzene rings is 4. The summed E-state index contributed by atoms with van der Waals surface area (Å²) in [6.07, 6.45) is 4.43. The summed E-state index contributed by atoms with van der Waals surface area (Å²) in [5, 5.41) is 12.8. The lowest BCUT2D eigenvalue weighted by atomic mass is 9.75. The molecule has 0 aliphatic carbocycles. The molecule has 0 bridgehead atoms. The molecule has 0 spiro atoms. The van der Waals surface area contributed by atoms with Gasteiger partial charge in [0.2, 0.25) is 0 Å². The van der Waals surface area contributed by atoms with Crippen molar-refractivity contribution in [2.75, 3.05) is 12.5 Å². The first-order chi connectivity index (χ1) is 21.0. The van der Waals surface area contributed by atoms with Crippen molar-refractivity contribution < 1.29 is 26.3 Å². The van der Waals surface area contributed by atoms with Gasteiger partial charge >= 0.3 is 0 Å². The predicted octanol–water partition coefficient (Wildman–Crippen LogP) is 6.96. The maximum absolute atomic E-state index is 13.8. The average Bonchev–Trinajstić information content (AvgIpc) is 2.98. The quantitative estimate of drug-likeness (QED) is 0.186. The summed E-state index contributed by atoms with van der Waals surface area (Å²) in [7, 11) is -6.87. The van der Waals surface area contributed by atoms with E-state index in [1.165, 1.54) is 30.5 Å². The van der Waals surface area contributed by atoms with Crippen LogP contribution in [0.2, 0.25) is 0 Å². The lowest BCUT2D eigenvalue weighted by Crippen LogP contribution is -2.31. The van der Waals surface area contributed by atoms with Gasteiger partial charge in [0.1, 0.15) is 5.82 Å². The first-order valence-electron chi connectivity index (χ1n) is 14.4. The van der Waals surface area contributed by atoms with Gasteiger partial charge in [-0.15, -0.1) is 0 Å². The number of aliphatic hydroxyl groups is 1. The van der Waals surface area contributed by atoms with E-state index in [4.69, 9.17) is 0 Å². The normalized spacial score (nSPS) is 14.6. The largest absolute Gasteiger partial charge is 0.385 e. The third-order valence-corrected chi connectivity index (χ3v) is 12.0. The van der Waals surface area contributed by atoms with Crippen LogP contribution in [0.15, 0.2) is 108 Å². The minimum atomic E-state index is -3.44. The summed E-state index contributed by atoms with van der Waals surface area (Å²) in [5.74, 6) is -0.962. The van der Waals surface area contributed by atoms with Crippen molar-refractivity contribution in [1.29, 1.82) is 0 Å². The highest BCUT2D eigenvalue weighted by Gasteiger charge is 2.36. The number of nitrogens with zero attached hydrogens (tertiary/aromatic N) is 1. The second kappa shape index (κ2) is 11.8. The minimum Gasteiger partial charge on any atom is -0.385 e. The van der Waals surface area contributed by atoms with E-state index >= 15 is 0 Å². The summed E-state index contributed by atoms with van der Waals surface area (Å²) in [5.41, 5.74) is 3.64. The van der Waals surface area contributed by atoms with Crippen LogP contribution in [0.4, 0.5) is 4.39 Å². The first kappa shape index (κ1) is 32.5. The van der Waals surface area contributed by atoms with Gasteiger partial charge in [0.15, 0.2) is 19.7 Å². The monoisotopic (exact) mass is 645 g/mol. The van der Waals surface area contributed by atoms with E-state index in [-0.39, 0.29) is 4.90 Å². The van der Waals surface area contributed by atoms with Crippen LogP contribution in [-0.2, 0) is 36.4 Å². The molecule has 9 heteroatoms. The lowest BCUT2D eigenvalue weighted by molar-refractivity contribution is 0.0261. The molecular weight excluding hydrogens is 610 g/mol. The third kappa shape index (κ3) is 6.57. The van der Waals surface area contributed by atoms with Crippen LogP contribution >= 0.6 is 0 Å². The molecule has 0 aliphatic heterocycles. The molecule has 2 atom stereocenters. The van der Waals surface area contributed by atoms with E-state index in [2.05, 4.69) is 4.98 Å². The Balaban J connectivity index is 1.63. The molecule has 1 N–H and O–H groups in total. The molecule has 0 saturated heterocycles. The number of hydrogen-bond donors (Lipinski definition) is 1. The number of pyridine rings is 1. The van der Waals surface area contributed by atoms with Gasteiger partial charge < -0.3 is 5.11 Å². The zero-order chi connectivity index (χ0) is 32.8.